The number of methoxy groups -OCH3 is 1. The number of hydrogen-bond donors (Lipinski definition) is 2. The van der Waals surface area contributed by atoms with E-state index in [4.69, 9.17) is 9.84 Å². The summed E-state index contributed by atoms with van der Waals surface area (Å²) in [7, 11) is -0.499. The largest absolute Gasteiger partial charge is 0.504 e. The summed E-state index contributed by atoms with van der Waals surface area (Å²) in [5.41, 5.74) is 0.790. The van der Waals surface area contributed by atoms with Crippen molar-refractivity contribution in [1.29, 1.82) is 0 Å². The van der Waals surface area contributed by atoms with Crippen molar-refractivity contribution in [3.05, 3.63) is 23.8 Å². The number of hydrogen-bond acceptors (Lipinski definition) is 3. The summed E-state index contributed by atoms with van der Waals surface area (Å²) in [6.45, 7) is 10.9. The second-order valence-corrected chi connectivity index (χ2v) is 11.9. The molecule has 0 heterocycles. The fraction of sp³-hybridized carbons (Fsp3) is 0.438. The number of aliphatic carboxylic acids is 1. The van der Waals surface area contributed by atoms with Crippen LogP contribution in [0.1, 0.15) is 26.3 Å². The number of benzene rings is 1. The van der Waals surface area contributed by atoms with Crippen molar-refractivity contribution in [2.45, 2.75) is 38.9 Å². The predicted molar refractivity (Wildman–Crippen MR) is 88.2 cm³/mol. The van der Waals surface area contributed by atoms with Gasteiger partial charge in [-0.15, -0.1) is 0 Å². The van der Waals surface area contributed by atoms with E-state index in [-0.39, 0.29) is 10.8 Å². The maximum absolute atomic E-state index is 10.8. The smallest absolute Gasteiger partial charge is 0.328 e. The molecule has 0 unspecified atom stereocenters. The number of carbonyl (C=O) groups is 1. The SMILES string of the molecule is COc1c(O)ccc(C=CC(=O)O)c1[Si](C)(C)C(C)(C)C. The number of rotatable bonds is 4. The lowest BCUT2D eigenvalue weighted by atomic mass is 10.2. The van der Waals surface area contributed by atoms with Gasteiger partial charge in [0.05, 0.1) is 15.2 Å². The zero-order valence-corrected chi connectivity index (χ0v) is 14.5. The van der Waals surface area contributed by atoms with Gasteiger partial charge in [0.1, 0.15) is 0 Å². The molecule has 5 heteroatoms. The first-order chi connectivity index (χ1) is 9.52. The fourth-order valence-electron chi connectivity index (χ4n) is 2.11. The Morgan fingerprint density at radius 3 is 2.29 bits per heavy atom. The summed E-state index contributed by atoms with van der Waals surface area (Å²) in [6, 6.07) is 3.28. The number of carboxylic acid groups (broad SMARTS) is 1. The van der Waals surface area contributed by atoms with Gasteiger partial charge < -0.3 is 14.9 Å². The van der Waals surface area contributed by atoms with E-state index in [0.717, 1.165) is 16.8 Å². The van der Waals surface area contributed by atoms with E-state index < -0.39 is 14.0 Å². The average molecular weight is 308 g/mol. The molecule has 0 aliphatic rings. The molecule has 1 aromatic carbocycles. The molecular weight excluding hydrogens is 284 g/mol. The van der Waals surface area contributed by atoms with Gasteiger partial charge in [-0.2, -0.15) is 0 Å². The Kier molecular flexibility index (Phi) is 4.89. The minimum Gasteiger partial charge on any atom is -0.504 e. The number of aromatic hydroxyl groups is 1. The highest BCUT2D eigenvalue weighted by Gasteiger charge is 2.41. The third-order valence-corrected chi connectivity index (χ3v) is 9.79. The van der Waals surface area contributed by atoms with Gasteiger partial charge in [0.2, 0.25) is 0 Å². The first kappa shape index (κ1) is 17.3. The van der Waals surface area contributed by atoms with E-state index in [0.29, 0.717) is 5.75 Å². The standard InChI is InChI=1S/C16H24O4Si/c1-16(2,3)21(5,6)15-11(8-10-13(18)19)7-9-12(17)14(15)20-4/h7-10,17H,1-6H3,(H,18,19). The molecule has 0 radical (unpaired) electrons. The van der Waals surface area contributed by atoms with Crippen LogP contribution in [0.25, 0.3) is 6.08 Å². The summed E-state index contributed by atoms with van der Waals surface area (Å²) < 4.78 is 5.41. The molecule has 1 aromatic rings. The average Bonchev–Trinajstić information content (AvgIpc) is 2.35. The van der Waals surface area contributed by atoms with E-state index >= 15 is 0 Å². The molecule has 0 spiro atoms. The Bertz CT molecular complexity index is 568. The van der Waals surface area contributed by atoms with Gasteiger partial charge in [0, 0.05) is 6.08 Å². The topological polar surface area (TPSA) is 66.8 Å². The maximum atomic E-state index is 10.8. The van der Waals surface area contributed by atoms with Crippen LogP contribution in [0.5, 0.6) is 11.5 Å². The van der Waals surface area contributed by atoms with Gasteiger partial charge in [0.15, 0.2) is 11.5 Å². The Labute approximate surface area is 127 Å². The summed E-state index contributed by atoms with van der Waals surface area (Å²) >= 11 is 0. The Hall–Kier alpha value is -1.75. The molecule has 0 atom stereocenters. The molecule has 116 valence electrons. The second kappa shape index (κ2) is 5.93. The Morgan fingerprint density at radius 1 is 1.29 bits per heavy atom. The minimum absolute atomic E-state index is 0.0277. The molecule has 4 nitrogen and oxygen atoms in total. The molecule has 0 bridgehead atoms. The highest BCUT2D eigenvalue weighted by atomic mass is 28.3. The maximum Gasteiger partial charge on any atom is 0.328 e. The van der Waals surface area contributed by atoms with Crippen LogP contribution in [0.15, 0.2) is 18.2 Å². The van der Waals surface area contributed by atoms with Crippen molar-refractivity contribution in [2.24, 2.45) is 0 Å². The lowest BCUT2D eigenvalue weighted by Gasteiger charge is -2.39. The van der Waals surface area contributed by atoms with E-state index in [1.807, 2.05) is 0 Å². The molecule has 0 aliphatic carbocycles. The monoisotopic (exact) mass is 308 g/mol. The third kappa shape index (κ3) is 3.47. The Balaban J connectivity index is 3.66. The summed E-state index contributed by atoms with van der Waals surface area (Å²) in [5, 5.41) is 19.9. The molecule has 21 heavy (non-hydrogen) atoms. The second-order valence-electron chi connectivity index (χ2n) is 6.63. The van der Waals surface area contributed by atoms with Gasteiger partial charge in [-0.25, -0.2) is 4.79 Å². The first-order valence-corrected chi connectivity index (χ1v) is 9.84. The lowest BCUT2D eigenvalue weighted by Crippen LogP contribution is -2.51. The van der Waals surface area contributed by atoms with Crippen LogP contribution in [0.2, 0.25) is 18.1 Å². The fourth-order valence-corrected chi connectivity index (χ4v) is 4.55. The molecule has 1 rings (SSSR count). The molecule has 0 aromatic heterocycles. The van der Waals surface area contributed by atoms with Crippen LogP contribution in [0.4, 0.5) is 0 Å². The normalized spacial score (nSPS) is 12.7. The number of carboxylic acids is 1. The van der Waals surface area contributed by atoms with Crippen molar-refractivity contribution in [1.82, 2.24) is 0 Å². The van der Waals surface area contributed by atoms with E-state index in [1.165, 1.54) is 13.2 Å². The van der Waals surface area contributed by atoms with Crippen molar-refractivity contribution in [3.63, 3.8) is 0 Å². The molecule has 0 aliphatic heterocycles. The highest BCUT2D eigenvalue weighted by Crippen LogP contribution is 2.40. The van der Waals surface area contributed by atoms with Crippen molar-refractivity contribution >= 4 is 25.3 Å². The van der Waals surface area contributed by atoms with Crippen molar-refractivity contribution in [3.8, 4) is 11.5 Å². The van der Waals surface area contributed by atoms with Crippen molar-refractivity contribution < 1.29 is 19.7 Å². The van der Waals surface area contributed by atoms with E-state index in [9.17, 15) is 9.90 Å². The predicted octanol–water partition coefficient (Wildman–Crippen LogP) is 3.21. The number of phenols is 1. The first-order valence-electron chi connectivity index (χ1n) is 6.84. The minimum atomic E-state index is -2.02. The highest BCUT2D eigenvalue weighted by molar-refractivity contribution is 6.93. The van der Waals surface area contributed by atoms with Crippen LogP contribution >= 0.6 is 0 Å². The summed E-state index contributed by atoms with van der Waals surface area (Å²) in [5.74, 6) is -0.456. The van der Waals surface area contributed by atoms with Crippen LogP contribution in [-0.2, 0) is 4.79 Å². The van der Waals surface area contributed by atoms with Crippen LogP contribution < -0.4 is 9.92 Å². The molecule has 0 amide bonds. The molecular formula is C16H24O4Si. The van der Waals surface area contributed by atoms with Gasteiger partial charge >= 0.3 is 5.97 Å². The lowest BCUT2D eigenvalue weighted by molar-refractivity contribution is -0.131. The zero-order valence-electron chi connectivity index (χ0n) is 13.5. The van der Waals surface area contributed by atoms with Crippen molar-refractivity contribution in [2.75, 3.05) is 7.11 Å². The van der Waals surface area contributed by atoms with Crippen LogP contribution in [0.3, 0.4) is 0 Å². The quantitative estimate of drug-likeness (QED) is 0.662. The van der Waals surface area contributed by atoms with Gasteiger partial charge in [-0.05, 0) is 27.9 Å². The van der Waals surface area contributed by atoms with Gasteiger partial charge in [0.25, 0.3) is 0 Å². The number of phenolic OH excluding ortho intramolecular Hbond substituents is 1. The molecule has 0 saturated carbocycles. The Morgan fingerprint density at radius 2 is 1.86 bits per heavy atom. The third-order valence-electron chi connectivity index (χ3n) is 4.28. The summed E-state index contributed by atoms with van der Waals surface area (Å²) in [4.78, 5) is 10.8. The van der Waals surface area contributed by atoms with Crippen LogP contribution in [0, 0.1) is 0 Å². The van der Waals surface area contributed by atoms with Gasteiger partial charge in [-0.3, -0.25) is 0 Å². The number of ether oxygens (including phenoxy) is 1. The molecule has 0 saturated heterocycles. The van der Waals surface area contributed by atoms with E-state index in [2.05, 4.69) is 33.9 Å². The van der Waals surface area contributed by atoms with Crippen LogP contribution in [-0.4, -0.2) is 31.4 Å². The van der Waals surface area contributed by atoms with E-state index in [1.54, 1.807) is 12.1 Å². The van der Waals surface area contributed by atoms with Gasteiger partial charge in [-0.1, -0.05) is 39.9 Å². The molecule has 0 fully saturated rings. The summed E-state index contributed by atoms with van der Waals surface area (Å²) in [6.07, 6.45) is 2.68. The zero-order chi connectivity index (χ0) is 16.4. The molecule has 2 N–H and O–H groups in total.